The molecule has 26 heavy (non-hydrogen) atoms. The second-order valence-corrected chi connectivity index (χ2v) is 6.98. The van der Waals surface area contributed by atoms with E-state index in [0.29, 0.717) is 5.92 Å². The molecule has 1 atom stereocenters. The van der Waals surface area contributed by atoms with Crippen LogP contribution in [-0.4, -0.2) is 35.6 Å². The number of nitrogens with one attached hydrogen (secondary N) is 1. The zero-order valence-electron chi connectivity index (χ0n) is 15.0. The maximum atomic E-state index is 12.4. The van der Waals surface area contributed by atoms with E-state index in [4.69, 9.17) is 5.73 Å². The van der Waals surface area contributed by atoms with Gasteiger partial charge in [0.2, 0.25) is 5.91 Å². The highest BCUT2D eigenvalue weighted by molar-refractivity contribution is 5.95. The standard InChI is InChI=1S/C21H27N3O2/c22-20(18-6-2-1-3-7-18)21(26)23-19-8-4-5-17(13-19)14-24-11-9-16(15-25)10-12-24/h1-8,13,16,20,25H,9-12,14-15,22H2,(H,23,26). The molecule has 2 aromatic carbocycles. The molecule has 0 saturated carbocycles. The third kappa shape index (κ3) is 4.91. The molecule has 0 aliphatic carbocycles. The molecule has 1 aliphatic heterocycles. The van der Waals surface area contributed by atoms with Crippen molar-refractivity contribution in [1.29, 1.82) is 0 Å². The number of anilines is 1. The monoisotopic (exact) mass is 353 g/mol. The molecule has 4 N–H and O–H groups in total. The fraction of sp³-hybridized carbons (Fsp3) is 0.381. The van der Waals surface area contributed by atoms with Crippen molar-refractivity contribution in [1.82, 2.24) is 4.90 Å². The fourth-order valence-electron chi connectivity index (χ4n) is 3.36. The van der Waals surface area contributed by atoms with Gasteiger partial charge in [0.05, 0.1) is 0 Å². The van der Waals surface area contributed by atoms with Crippen LogP contribution in [0.1, 0.15) is 30.0 Å². The second-order valence-electron chi connectivity index (χ2n) is 6.98. The maximum absolute atomic E-state index is 12.4. The van der Waals surface area contributed by atoms with E-state index in [2.05, 4.69) is 16.3 Å². The van der Waals surface area contributed by atoms with Crippen LogP contribution in [0.2, 0.25) is 0 Å². The van der Waals surface area contributed by atoms with Gasteiger partial charge in [-0.05, 0) is 55.1 Å². The predicted octanol–water partition coefficient (Wildman–Crippen LogP) is 2.53. The van der Waals surface area contributed by atoms with Crippen molar-refractivity contribution in [2.24, 2.45) is 11.7 Å². The Morgan fingerprint density at radius 1 is 1.15 bits per heavy atom. The smallest absolute Gasteiger partial charge is 0.245 e. The van der Waals surface area contributed by atoms with Crippen LogP contribution >= 0.6 is 0 Å². The number of aliphatic hydroxyl groups excluding tert-OH is 1. The van der Waals surface area contributed by atoms with E-state index in [1.807, 2.05) is 48.5 Å². The molecule has 138 valence electrons. The number of likely N-dealkylation sites (tertiary alicyclic amines) is 1. The Hall–Kier alpha value is -2.21. The molecule has 3 rings (SSSR count). The highest BCUT2D eigenvalue weighted by atomic mass is 16.3. The lowest BCUT2D eigenvalue weighted by atomic mass is 9.97. The lowest BCUT2D eigenvalue weighted by Crippen LogP contribution is -2.34. The Morgan fingerprint density at radius 2 is 1.88 bits per heavy atom. The topological polar surface area (TPSA) is 78.6 Å². The molecule has 1 amide bonds. The molecule has 1 heterocycles. The van der Waals surface area contributed by atoms with Crippen LogP contribution in [0.25, 0.3) is 0 Å². The van der Waals surface area contributed by atoms with E-state index < -0.39 is 6.04 Å². The number of benzene rings is 2. The minimum Gasteiger partial charge on any atom is -0.396 e. The molecule has 1 aliphatic rings. The van der Waals surface area contributed by atoms with Gasteiger partial charge in [-0.2, -0.15) is 0 Å². The molecule has 0 spiro atoms. The number of piperidine rings is 1. The van der Waals surface area contributed by atoms with Gasteiger partial charge < -0.3 is 16.2 Å². The summed E-state index contributed by atoms with van der Waals surface area (Å²) in [6, 6.07) is 16.6. The molecule has 1 saturated heterocycles. The number of hydrogen-bond donors (Lipinski definition) is 3. The van der Waals surface area contributed by atoms with Crippen molar-refractivity contribution in [3.63, 3.8) is 0 Å². The summed E-state index contributed by atoms with van der Waals surface area (Å²) in [5, 5.41) is 12.2. The summed E-state index contributed by atoms with van der Waals surface area (Å²) in [6.07, 6.45) is 2.08. The third-order valence-corrected chi connectivity index (χ3v) is 5.01. The minimum atomic E-state index is -0.683. The van der Waals surface area contributed by atoms with E-state index in [1.165, 1.54) is 5.56 Å². The highest BCUT2D eigenvalue weighted by Crippen LogP contribution is 2.20. The number of carbonyl (C=O) groups excluding carboxylic acids is 1. The summed E-state index contributed by atoms with van der Waals surface area (Å²) < 4.78 is 0. The Labute approximate surface area is 154 Å². The first-order valence-corrected chi connectivity index (χ1v) is 9.19. The Kier molecular flexibility index (Phi) is 6.39. The van der Waals surface area contributed by atoms with Crippen LogP contribution < -0.4 is 11.1 Å². The Bertz CT molecular complexity index is 712. The minimum absolute atomic E-state index is 0.211. The van der Waals surface area contributed by atoms with E-state index in [0.717, 1.165) is 43.7 Å². The molecule has 0 bridgehead atoms. The molecular formula is C21H27N3O2. The van der Waals surface area contributed by atoms with E-state index >= 15 is 0 Å². The highest BCUT2D eigenvalue weighted by Gasteiger charge is 2.19. The number of nitrogens with zero attached hydrogens (tertiary/aromatic N) is 1. The maximum Gasteiger partial charge on any atom is 0.245 e. The van der Waals surface area contributed by atoms with E-state index in [9.17, 15) is 9.90 Å². The summed E-state index contributed by atoms with van der Waals surface area (Å²) in [4.78, 5) is 14.8. The Morgan fingerprint density at radius 3 is 2.58 bits per heavy atom. The van der Waals surface area contributed by atoms with Crippen LogP contribution in [0.5, 0.6) is 0 Å². The quantitative estimate of drug-likeness (QED) is 0.746. The average molecular weight is 353 g/mol. The largest absolute Gasteiger partial charge is 0.396 e. The lowest BCUT2D eigenvalue weighted by molar-refractivity contribution is -0.117. The third-order valence-electron chi connectivity index (χ3n) is 5.01. The molecule has 5 heteroatoms. The van der Waals surface area contributed by atoms with Crippen molar-refractivity contribution in [3.8, 4) is 0 Å². The molecule has 1 fully saturated rings. The number of hydrogen-bond acceptors (Lipinski definition) is 4. The van der Waals surface area contributed by atoms with Crippen LogP contribution in [0.4, 0.5) is 5.69 Å². The first kappa shape index (κ1) is 18.6. The van der Waals surface area contributed by atoms with Gasteiger partial charge in [-0.1, -0.05) is 42.5 Å². The van der Waals surface area contributed by atoms with Crippen molar-refractivity contribution >= 4 is 11.6 Å². The molecule has 5 nitrogen and oxygen atoms in total. The zero-order valence-corrected chi connectivity index (χ0v) is 15.0. The molecule has 2 aromatic rings. The number of aliphatic hydroxyl groups is 1. The average Bonchev–Trinajstić information content (AvgIpc) is 2.69. The number of carbonyl (C=O) groups is 1. The fourth-order valence-corrected chi connectivity index (χ4v) is 3.36. The zero-order chi connectivity index (χ0) is 18.4. The lowest BCUT2D eigenvalue weighted by Gasteiger charge is -2.31. The van der Waals surface area contributed by atoms with Gasteiger partial charge in [-0.15, -0.1) is 0 Å². The van der Waals surface area contributed by atoms with Crippen molar-refractivity contribution in [3.05, 3.63) is 65.7 Å². The van der Waals surface area contributed by atoms with E-state index in [-0.39, 0.29) is 12.5 Å². The summed E-state index contributed by atoms with van der Waals surface area (Å²) in [6.45, 7) is 3.14. The number of nitrogens with two attached hydrogens (primary N) is 1. The Balaban J connectivity index is 1.58. The van der Waals surface area contributed by atoms with Crippen molar-refractivity contribution in [2.75, 3.05) is 25.0 Å². The molecule has 1 unspecified atom stereocenters. The number of amides is 1. The van der Waals surface area contributed by atoms with Crippen LogP contribution in [0.15, 0.2) is 54.6 Å². The van der Waals surface area contributed by atoms with Gasteiger partial charge >= 0.3 is 0 Å². The first-order chi connectivity index (χ1) is 12.7. The van der Waals surface area contributed by atoms with Gasteiger partial charge in [0.25, 0.3) is 0 Å². The first-order valence-electron chi connectivity index (χ1n) is 9.19. The van der Waals surface area contributed by atoms with Crippen molar-refractivity contribution < 1.29 is 9.90 Å². The molecular weight excluding hydrogens is 326 g/mol. The molecule has 0 aromatic heterocycles. The summed E-state index contributed by atoms with van der Waals surface area (Å²) in [5.41, 5.74) is 8.79. The van der Waals surface area contributed by atoms with Gasteiger partial charge in [0.1, 0.15) is 6.04 Å². The summed E-state index contributed by atoms with van der Waals surface area (Å²) in [5.74, 6) is 0.230. The predicted molar refractivity (Wildman–Crippen MR) is 104 cm³/mol. The van der Waals surface area contributed by atoms with Crippen molar-refractivity contribution in [2.45, 2.75) is 25.4 Å². The normalized spacial score (nSPS) is 17.0. The van der Waals surface area contributed by atoms with Crippen LogP contribution in [-0.2, 0) is 11.3 Å². The van der Waals surface area contributed by atoms with Crippen LogP contribution in [0, 0.1) is 5.92 Å². The molecule has 0 radical (unpaired) electrons. The number of rotatable bonds is 6. The van der Waals surface area contributed by atoms with Gasteiger partial charge in [0, 0.05) is 18.8 Å². The van der Waals surface area contributed by atoms with Gasteiger partial charge in [-0.25, -0.2) is 0 Å². The summed E-state index contributed by atoms with van der Waals surface area (Å²) >= 11 is 0. The van der Waals surface area contributed by atoms with E-state index in [1.54, 1.807) is 0 Å². The van der Waals surface area contributed by atoms with Crippen LogP contribution in [0.3, 0.4) is 0 Å². The van der Waals surface area contributed by atoms with Gasteiger partial charge in [0.15, 0.2) is 0 Å². The summed E-state index contributed by atoms with van der Waals surface area (Å²) in [7, 11) is 0. The second kappa shape index (κ2) is 8.94. The van der Waals surface area contributed by atoms with Gasteiger partial charge in [-0.3, -0.25) is 9.69 Å². The SMILES string of the molecule is NC(C(=O)Nc1cccc(CN2CCC(CO)CC2)c1)c1ccccc1.